The predicted octanol–water partition coefficient (Wildman–Crippen LogP) is -0.291. The van der Waals surface area contributed by atoms with Gasteiger partial charge in [0.2, 0.25) is 0 Å². The van der Waals surface area contributed by atoms with E-state index in [0.717, 1.165) is 6.08 Å². The standard InChI is InChI=1S/C7H9NO4/c1-4-2-5(9)8-7(12,3-4)6(10)11/h2-3,8-9,12H,1H3,(H,10,11). The van der Waals surface area contributed by atoms with Crippen molar-refractivity contribution in [2.24, 2.45) is 0 Å². The number of carboxylic acids is 1. The minimum Gasteiger partial charge on any atom is -0.495 e. The van der Waals surface area contributed by atoms with Crippen molar-refractivity contribution in [3.8, 4) is 0 Å². The maximum Gasteiger partial charge on any atom is 0.361 e. The number of aliphatic carboxylic acids is 1. The first-order chi connectivity index (χ1) is 5.44. The van der Waals surface area contributed by atoms with E-state index in [9.17, 15) is 9.90 Å². The van der Waals surface area contributed by atoms with E-state index < -0.39 is 11.7 Å². The molecular formula is C7H9NO4. The van der Waals surface area contributed by atoms with Crippen molar-refractivity contribution in [2.75, 3.05) is 0 Å². The van der Waals surface area contributed by atoms with E-state index in [4.69, 9.17) is 10.2 Å². The molecule has 66 valence electrons. The first-order valence-electron chi connectivity index (χ1n) is 3.28. The number of nitrogens with one attached hydrogen (secondary N) is 1. The molecule has 0 aliphatic carbocycles. The highest BCUT2D eigenvalue weighted by atomic mass is 16.4. The summed E-state index contributed by atoms with van der Waals surface area (Å²) in [6, 6.07) is 0. The van der Waals surface area contributed by atoms with Gasteiger partial charge in [0.05, 0.1) is 0 Å². The largest absolute Gasteiger partial charge is 0.495 e. The Kier molecular flexibility index (Phi) is 1.81. The van der Waals surface area contributed by atoms with Crippen molar-refractivity contribution in [3.63, 3.8) is 0 Å². The summed E-state index contributed by atoms with van der Waals surface area (Å²) in [7, 11) is 0. The van der Waals surface area contributed by atoms with Crippen LogP contribution < -0.4 is 5.32 Å². The molecule has 12 heavy (non-hydrogen) atoms. The van der Waals surface area contributed by atoms with Crippen molar-refractivity contribution < 1.29 is 20.1 Å². The maximum atomic E-state index is 10.5. The third-order valence-electron chi connectivity index (χ3n) is 1.45. The Balaban J connectivity index is 3.00. The highest BCUT2D eigenvalue weighted by Gasteiger charge is 2.36. The molecule has 0 radical (unpaired) electrons. The number of dihydropyridines is 1. The summed E-state index contributed by atoms with van der Waals surface area (Å²) in [5, 5.41) is 28.8. The Labute approximate surface area is 68.6 Å². The molecule has 1 unspecified atom stereocenters. The molecule has 0 spiro atoms. The van der Waals surface area contributed by atoms with Crippen LogP contribution >= 0.6 is 0 Å². The van der Waals surface area contributed by atoms with Crippen LogP contribution in [-0.2, 0) is 4.79 Å². The minimum absolute atomic E-state index is 0.361. The SMILES string of the molecule is CC1=CC(O)(C(=O)O)NC(O)=C1. The topological polar surface area (TPSA) is 89.8 Å². The Morgan fingerprint density at radius 2 is 2.25 bits per heavy atom. The fourth-order valence-electron chi connectivity index (χ4n) is 0.969. The molecule has 1 rings (SSSR count). The first-order valence-corrected chi connectivity index (χ1v) is 3.28. The van der Waals surface area contributed by atoms with Crippen LogP contribution in [-0.4, -0.2) is 27.0 Å². The van der Waals surface area contributed by atoms with Crippen molar-refractivity contribution in [1.82, 2.24) is 5.32 Å². The van der Waals surface area contributed by atoms with Gasteiger partial charge in [-0.2, -0.15) is 0 Å². The average Bonchev–Trinajstić information content (AvgIpc) is 1.82. The van der Waals surface area contributed by atoms with Gasteiger partial charge >= 0.3 is 5.97 Å². The number of carbonyl (C=O) groups is 1. The first kappa shape index (κ1) is 8.61. The van der Waals surface area contributed by atoms with Crippen LogP contribution in [0, 0.1) is 0 Å². The molecule has 5 heteroatoms. The fourth-order valence-corrected chi connectivity index (χ4v) is 0.969. The van der Waals surface area contributed by atoms with Crippen LogP contribution in [0.25, 0.3) is 0 Å². The number of allylic oxidation sites excluding steroid dienone is 2. The lowest BCUT2D eigenvalue weighted by atomic mass is 10.1. The number of hydrogen-bond donors (Lipinski definition) is 4. The molecule has 0 saturated carbocycles. The molecule has 0 bridgehead atoms. The molecule has 1 aliphatic rings. The molecule has 1 aliphatic heterocycles. The number of carboxylic acid groups (broad SMARTS) is 1. The van der Waals surface area contributed by atoms with Crippen molar-refractivity contribution in [3.05, 3.63) is 23.6 Å². The summed E-state index contributed by atoms with van der Waals surface area (Å²) >= 11 is 0. The van der Waals surface area contributed by atoms with Crippen LogP contribution in [0.1, 0.15) is 6.92 Å². The smallest absolute Gasteiger partial charge is 0.361 e. The Morgan fingerprint density at radius 1 is 1.67 bits per heavy atom. The zero-order valence-corrected chi connectivity index (χ0v) is 6.40. The van der Waals surface area contributed by atoms with E-state index >= 15 is 0 Å². The van der Waals surface area contributed by atoms with E-state index in [0.29, 0.717) is 5.57 Å². The lowest BCUT2D eigenvalue weighted by Gasteiger charge is -2.25. The summed E-state index contributed by atoms with van der Waals surface area (Å²) < 4.78 is 0. The molecule has 0 aromatic rings. The number of aliphatic hydroxyl groups excluding tert-OH is 1. The lowest BCUT2D eigenvalue weighted by molar-refractivity contribution is -0.156. The van der Waals surface area contributed by atoms with Gasteiger partial charge in [-0.3, -0.25) is 0 Å². The van der Waals surface area contributed by atoms with Gasteiger partial charge in [0, 0.05) is 6.08 Å². The molecule has 0 saturated heterocycles. The van der Waals surface area contributed by atoms with Crippen molar-refractivity contribution in [2.45, 2.75) is 12.6 Å². The van der Waals surface area contributed by atoms with Gasteiger partial charge in [-0.05, 0) is 18.6 Å². The quantitative estimate of drug-likeness (QED) is 0.435. The molecule has 1 atom stereocenters. The molecule has 4 N–H and O–H groups in total. The second-order valence-electron chi connectivity index (χ2n) is 2.61. The minimum atomic E-state index is -2.19. The maximum absolute atomic E-state index is 10.5. The monoisotopic (exact) mass is 171 g/mol. The van der Waals surface area contributed by atoms with E-state index in [-0.39, 0.29) is 5.88 Å². The number of aliphatic hydroxyl groups is 2. The van der Waals surface area contributed by atoms with E-state index in [1.165, 1.54) is 6.08 Å². The molecule has 0 fully saturated rings. The highest BCUT2D eigenvalue weighted by Crippen LogP contribution is 2.15. The highest BCUT2D eigenvalue weighted by molar-refractivity contribution is 5.80. The predicted molar refractivity (Wildman–Crippen MR) is 40.2 cm³/mol. The van der Waals surface area contributed by atoms with Gasteiger partial charge in [-0.1, -0.05) is 0 Å². The Bertz CT molecular complexity index is 281. The summed E-state index contributed by atoms with van der Waals surface area (Å²) in [4.78, 5) is 10.5. The number of rotatable bonds is 1. The van der Waals surface area contributed by atoms with Crippen LogP contribution in [0.2, 0.25) is 0 Å². The summed E-state index contributed by atoms with van der Waals surface area (Å²) in [6.45, 7) is 1.57. The van der Waals surface area contributed by atoms with E-state index in [2.05, 4.69) is 0 Å². The third-order valence-corrected chi connectivity index (χ3v) is 1.45. The summed E-state index contributed by atoms with van der Waals surface area (Å²) in [5.41, 5.74) is -1.71. The van der Waals surface area contributed by atoms with Crippen molar-refractivity contribution in [1.29, 1.82) is 0 Å². The van der Waals surface area contributed by atoms with Crippen molar-refractivity contribution >= 4 is 5.97 Å². The molecule has 0 aromatic carbocycles. The van der Waals surface area contributed by atoms with Crippen LogP contribution in [0.15, 0.2) is 23.6 Å². The molecular weight excluding hydrogens is 162 g/mol. The normalized spacial score (nSPS) is 28.5. The van der Waals surface area contributed by atoms with Gasteiger partial charge in [0.1, 0.15) is 0 Å². The molecule has 1 heterocycles. The van der Waals surface area contributed by atoms with Gasteiger partial charge in [-0.15, -0.1) is 0 Å². The van der Waals surface area contributed by atoms with Gasteiger partial charge in [0.25, 0.3) is 5.72 Å². The second-order valence-corrected chi connectivity index (χ2v) is 2.61. The lowest BCUT2D eigenvalue weighted by Crippen LogP contribution is -2.51. The van der Waals surface area contributed by atoms with Crippen LogP contribution in [0.3, 0.4) is 0 Å². The zero-order valence-electron chi connectivity index (χ0n) is 6.40. The summed E-state index contributed by atoms with van der Waals surface area (Å²) in [5.74, 6) is -1.82. The second kappa shape index (κ2) is 2.53. The van der Waals surface area contributed by atoms with Gasteiger partial charge in [-0.25, -0.2) is 4.79 Å². The summed E-state index contributed by atoms with van der Waals surface area (Å²) in [6.07, 6.45) is 2.42. The zero-order chi connectivity index (χ0) is 9.35. The molecule has 0 aromatic heterocycles. The average molecular weight is 171 g/mol. The van der Waals surface area contributed by atoms with Gasteiger partial charge < -0.3 is 20.6 Å². The van der Waals surface area contributed by atoms with Gasteiger partial charge in [0.15, 0.2) is 5.88 Å². The van der Waals surface area contributed by atoms with Crippen LogP contribution in [0.4, 0.5) is 0 Å². The van der Waals surface area contributed by atoms with E-state index in [1.807, 2.05) is 5.32 Å². The Morgan fingerprint density at radius 3 is 2.67 bits per heavy atom. The van der Waals surface area contributed by atoms with Crippen LogP contribution in [0.5, 0.6) is 0 Å². The van der Waals surface area contributed by atoms with E-state index in [1.54, 1.807) is 6.92 Å². The number of hydrogen-bond acceptors (Lipinski definition) is 4. The Hall–Kier alpha value is -1.49. The molecule has 0 amide bonds. The fraction of sp³-hybridized carbons (Fsp3) is 0.286. The third kappa shape index (κ3) is 1.40. The molecule has 5 nitrogen and oxygen atoms in total.